The van der Waals surface area contributed by atoms with E-state index in [-0.39, 0.29) is 12.4 Å². The third-order valence-electron chi connectivity index (χ3n) is 5.69. The molecule has 2 N–H and O–H groups in total. The monoisotopic (exact) mass is 553 g/mol. The average molecular weight is 554 g/mol. The van der Waals surface area contributed by atoms with Crippen LogP contribution in [0.2, 0.25) is 10.0 Å². The Morgan fingerprint density at radius 2 is 1.71 bits per heavy atom. The number of amides is 3. The van der Waals surface area contributed by atoms with E-state index in [1.807, 2.05) is 37.3 Å². The van der Waals surface area contributed by atoms with Crippen molar-refractivity contribution in [1.29, 1.82) is 0 Å². The summed E-state index contributed by atoms with van der Waals surface area (Å²) in [6.07, 6.45) is 1.55. The predicted octanol–water partition coefficient (Wildman–Crippen LogP) is 7.26. The SMILES string of the molecule is CCCCN(CC(=O)Nc1cc(-c2ccccc2)nn1-c1ccc(F)cc1)C(=O)Nc1ccc(Cl)cc1Cl. The number of nitrogens with zero attached hydrogens (tertiary/aromatic N) is 3. The molecule has 3 aromatic carbocycles. The van der Waals surface area contributed by atoms with Crippen LogP contribution in [0.25, 0.3) is 16.9 Å². The average Bonchev–Trinajstić information content (AvgIpc) is 3.32. The molecule has 0 saturated carbocycles. The second kappa shape index (κ2) is 12.6. The van der Waals surface area contributed by atoms with Gasteiger partial charge in [-0.3, -0.25) is 4.79 Å². The molecule has 196 valence electrons. The lowest BCUT2D eigenvalue weighted by atomic mass is 10.1. The van der Waals surface area contributed by atoms with Gasteiger partial charge in [-0.1, -0.05) is 66.9 Å². The van der Waals surface area contributed by atoms with Gasteiger partial charge in [-0.25, -0.2) is 13.9 Å². The van der Waals surface area contributed by atoms with Crippen molar-refractivity contribution in [2.45, 2.75) is 19.8 Å². The molecule has 1 heterocycles. The Morgan fingerprint density at radius 3 is 2.39 bits per heavy atom. The number of anilines is 2. The van der Waals surface area contributed by atoms with Crippen molar-refractivity contribution >= 4 is 46.6 Å². The molecule has 0 aliphatic heterocycles. The minimum atomic E-state index is -0.463. The van der Waals surface area contributed by atoms with Crippen molar-refractivity contribution in [2.24, 2.45) is 0 Å². The van der Waals surface area contributed by atoms with Gasteiger partial charge in [0.1, 0.15) is 18.2 Å². The van der Waals surface area contributed by atoms with Gasteiger partial charge in [0.05, 0.1) is 22.1 Å². The quantitative estimate of drug-likeness (QED) is 0.229. The molecule has 1 aromatic heterocycles. The first-order chi connectivity index (χ1) is 18.3. The first kappa shape index (κ1) is 27.2. The third-order valence-corrected chi connectivity index (χ3v) is 6.24. The van der Waals surface area contributed by atoms with Gasteiger partial charge >= 0.3 is 6.03 Å². The number of hydrogen-bond acceptors (Lipinski definition) is 3. The van der Waals surface area contributed by atoms with Crippen LogP contribution in [0.3, 0.4) is 0 Å². The van der Waals surface area contributed by atoms with E-state index < -0.39 is 11.9 Å². The molecular formula is C28H26Cl2FN5O2. The molecule has 10 heteroatoms. The maximum absolute atomic E-state index is 13.5. The summed E-state index contributed by atoms with van der Waals surface area (Å²) in [5.74, 6) is -0.411. The van der Waals surface area contributed by atoms with Crippen LogP contribution in [0.1, 0.15) is 19.8 Å². The van der Waals surface area contributed by atoms with Gasteiger partial charge in [-0.15, -0.1) is 0 Å². The van der Waals surface area contributed by atoms with Crippen LogP contribution in [0.5, 0.6) is 0 Å². The van der Waals surface area contributed by atoms with Gasteiger partial charge in [0.25, 0.3) is 0 Å². The Hall–Kier alpha value is -3.88. The number of nitrogens with one attached hydrogen (secondary N) is 2. The molecule has 0 fully saturated rings. The highest BCUT2D eigenvalue weighted by Gasteiger charge is 2.20. The Kier molecular flexibility index (Phi) is 8.99. The van der Waals surface area contributed by atoms with E-state index >= 15 is 0 Å². The molecule has 0 unspecified atom stereocenters. The molecular weight excluding hydrogens is 528 g/mol. The number of hydrogen-bond donors (Lipinski definition) is 2. The molecule has 0 aliphatic rings. The highest BCUT2D eigenvalue weighted by atomic mass is 35.5. The van der Waals surface area contributed by atoms with Crippen LogP contribution in [0.15, 0.2) is 78.9 Å². The van der Waals surface area contributed by atoms with E-state index in [1.165, 1.54) is 27.8 Å². The molecule has 0 saturated heterocycles. The van der Waals surface area contributed by atoms with Crippen molar-refractivity contribution in [3.05, 3.63) is 94.7 Å². The molecule has 0 aliphatic carbocycles. The predicted molar refractivity (Wildman–Crippen MR) is 150 cm³/mol. The summed E-state index contributed by atoms with van der Waals surface area (Å²) in [4.78, 5) is 27.6. The summed E-state index contributed by atoms with van der Waals surface area (Å²) in [5.41, 5.74) is 2.45. The van der Waals surface area contributed by atoms with E-state index in [1.54, 1.807) is 30.3 Å². The number of aromatic nitrogens is 2. The number of unbranched alkanes of at least 4 members (excludes halogenated alkanes) is 1. The van der Waals surface area contributed by atoms with Crippen LogP contribution in [0.4, 0.5) is 20.7 Å². The Morgan fingerprint density at radius 1 is 0.974 bits per heavy atom. The van der Waals surface area contributed by atoms with Crippen molar-refractivity contribution in [1.82, 2.24) is 14.7 Å². The highest BCUT2D eigenvalue weighted by molar-refractivity contribution is 6.36. The maximum Gasteiger partial charge on any atom is 0.322 e. The van der Waals surface area contributed by atoms with E-state index in [0.29, 0.717) is 45.9 Å². The smallest absolute Gasteiger partial charge is 0.315 e. The van der Waals surface area contributed by atoms with E-state index in [9.17, 15) is 14.0 Å². The van der Waals surface area contributed by atoms with Crippen molar-refractivity contribution in [3.63, 3.8) is 0 Å². The number of rotatable bonds is 9. The van der Waals surface area contributed by atoms with Gasteiger partial charge in [0.15, 0.2) is 0 Å². The minimum Gasteiger partial charge on any atom is -0.315 e. The van der Waals surface area contributed by atoms with Gasteiger partial charge < -0.3 is 15.5 Å². The van der Waals surface area contributed by atoms with Crippen molar-refractivity contribution < 1.29 is 14.0 Å². The zero-order valence-electron chi connectivity index (χ0n) is 20.6. The fourth-order valence-corrected chi connectivity index (χ4v) is 4.20. The molecule has 38 heavy (non-hydrogen) atoms. The number of benzene rings is 3. The topological polar surface area (TPSA) is 79.3 Å². The number of urea groups is 1. The fourth-order valence-electron chi connectivity index (χ4n) is 3.74. The van der Waals surface area contributed by atoms with Crippen molar-refractivity contribution in [2.75, 3.05) is 23.7 Å². The first-order valence-corrected chi connectivity index (χ1v) is 12.8. The zero-order chi connectivity index (χ0) is 27.1. The highest BCUT2D eigenvalue weighted by Crippen LogP contribution is 2.27. The molecule has 0 radical (unpaired) electrons. The Balaban J connectivity index is 1.55. The Labute approximate surface area is 230 Å². The third kappa shape index (κ3) is 6.90. The molecule has 3 amide bonds. The van der Waals surface area contributed by atoms with E-state index in [2.05, 4.69) is 15.7 Å². The Bertz CT molecular complexity index is 1410. The van der Waals surface area contributed by atoms with Gasteiger partial charge in [-0.05, 0) is 48.9 Å². The van der Waals surface area contributed by atoms with Crippen LogP contribution in [0, 0.1) is 5.82 Å². The van der Waals surface area contributed by atoms with Gasteiger partial charge in [0, 0.05) is 23.2 Å². The largest absolute Gasteiger partial charge is 0.322 e. The van der Waals surface area contributed by atoms with Crippen LogP contribution in [-0.4, -0.2) is 39.7 Å². The zero-order valence-corrected chi connectivity index (χ0v) is 22.1. The number of carbonyl (C=O) groups is 2. The van der Waals surface area contributed by atoms with Crippen LogP contribution < -0.4 is 10.6 Å². The van der Waals surface area contributed by atoms with Crippen LogP contribution in [-0.2, 0) is 4.79 Å². The molecule has 0 bridgehead atoms. The molecule has 7 nitrogen and oxygen atoms in total. The second-order valence-corrected chi connectivity index (χ2v) is 9.39. The summed E-state index contributed by atoms with van der Waals surface area (Å²) in [6.45, 7) is 2.17. The summed E-state index contributed by atoms with van der Waals surface area (Å²) in [6, 6.07) is 21.3. The normalized spacial score (nSPS) is 10.7. The fraction of sp³-hybridized carbons (Fsp3) is 0.179. The maximum atomic E-state index is 13.5. The summed E-state index contributed by atoms with van der Waals surface area (Å²) in [5, 5.41) is 11.0. The number of halogens is 3. The van der Waals surface area contributed by atoms with Crippen LogP contribution >= 0.6 is 23.2 Å². The standard InChI is InChI=1S/C28H26Cl2FN5O2/c1-2-3-15-35(28(38)32-24-14-9-20(29)16-23(24)30)18-27(37)33-26-17-25(19-7-5-4-6-8-19)34-36(26)22-12-10-21(31)11-13-22/h4-14,16-17H,2-3,15,18H2,1H3,(H,32,38)(H,33,37). The van der Waals surface area contributed by atoms with Gasteiger partial charge in [0.2, 0.25) is 5.91 Å². The molecule has 0 spiro atoms. The van der Waals surface area contributed by atoms with E-state index in [4.69, 9.17) is 23.2 Å². The lowest BCUT2D eigenvalue weighted by molar-refractivity contribution is -0.116. The van der Waals surface area contributed by atoms with Crippen molar-refractivity contribution in [3.8, 4) is 16.9 Å². The summed E-state index contributed by atoms with van der Waals surface area (Å²) < 4.78 is 15.1. The number of carbonyl (C=O) groups excluding carboxylic acids is 2. The molecule has 4 rings (SSSR count). The minimum absolute atomic E-state index is 0.202. The summed E-state index contributed by atoms with van der Waals surface area (Å²) in [7, 11) is 0. The van der Waals surface area contributed by atoms with E-state index in [0.717, 1.165) is 12.0 Å². The first-order valence-electron chi connectivity index (χ1n) is 12.1. The molecule has 4 aromatic rings. The lowest BCUT2D eigenvalue weighted by Gasteiger charge is -2.23. The van der Waals surface area contributed by atoms with Gasteiger partial charge in [-0.2, -0.15) is 5.10 Å². The summed E-state index contributed by atoms with van der Waals surface area (Å²) >= 11 is 12.2. The lowest BCUT2D eigenvalue weighted by Crippen LogP contribution is -2.41. The molecule has 0 atom stereocenters. The second-order valence-electron chi connectivity index (χ2n) is 8.55.